The van der Waals surface area contributed by atoms with Crippen molar-refractivity contribution in [3.05, 3.63) is 35.9 Å². The van der Waals surface area contributed by atoms with Gasteiger partial charge >= 0.3 is 91.5 Å². The van der Waals surface area contributed by atoms with Gasteiger partial charge in [-0.15, -0.1) is 0 Å². The molecule has 0 aromatic heterocycles. The van der Waals surface area contributed by atoms with E-state index in [2.05, 4.69) is 11.6 Å². The van der Waals surface area contributed by atoms with Crippen molar-refractivity contribution in [3.8, 4) is 0 Å². The van der Waals surface area contributed by atoms with E-state index < -0.39 is 0 Å². The van der Waals surface area contributed by atoms with E-state index in [0.717, 1.165) is 5.56 Å². The molecule has 4 heteroatoms. The molecule has 0 spiro atoms. The van der Waals surface area contributed by atoms with Gasteiger partial charge in [-0.25, -0.2) is 0 Å². The first kappa shape index (κ1) is 10.8. The molecule has 1 aromatic carbocycles. The van der Waals surface area contributed by atoms with Gasteiger partial charge in [-0.2, -0.15) is 0 Å². The van der Waals surface area contributed by atoms with Gasteiger partial charge in [0, 0.05) is 0 Å². The Kier molecular flexibility index (Phi) is 4.54. The van der Waals surface area contributed by atoms with E-state index in [1.165, 1.54) is 0 Å². The molecule has 0 saturated heterocycles. The summed E-state index contributed by atoms with van der Waals surface area (Å²) in [6, 6.07) is 9.46. The standard InChI is InChI=1S/C9H11NOSe2/c1-12-10(13-2)9(11)8-6-4-3-5-7-8/h3-7H,1-2H3. The van der Waals surface area contributed by atoms with Crippen molar-refractivity contribution >= 4 is 36.3 Å². The molecule has 13 heavy (non-hydrogen) atoms. The van der Waals surface area contributed by atoms with Crippen molar-refractivity contribution in [2.75, 3.05) is 0 Å². The number of carbonyl (C=O) groups excluding carboxylic acids is 1. The minimum atomic E-state index is 0.172. The van der Waals surface area contributed by atoms with Crippen LogP contribution in [0.5, 0.6) is 0 Å². The predicted octanol–water partition coefficient (Wildman–Crippen LogP) is 1.46. The van der Waals surface area contributed by atoms with E-state index in [-0.39, 0.29) is 36.3 Å². The van der Waals surface area contributed by atoms with Gasteiger partial charge in [0.25, 0.3) is 0 Å². The van der Waals surface area contributed by atoms with Crippen molar-refractivity contribution in [1.82, 2.24) is 2.93 Å². The maximum absolute atomic E-state index is 11.8. The van der Waals surface area contributed by atoms with Crippen LogP contribution in [0.25, 0.3) is 0 Å². The van der Waals surface area contributed by atoms with Crippen molar-refractivity contribution < 1.29 is 4.79 Å². The van der Waals surface area contributed by atoms with Gasteiger partial charge in [-0.3, -0.25) is 0 Å². The summed E-state index contributed by atoms with van der Waals surface area (Å²) in [6.07, 6.45) is 0. The van der Waals surface area contributed by atoms with Crippen LogP contribution in [0, 0.1) is 0 Å². The van der Waals surface area contributed by atoms with Crippen LogP contribution < -0.4 is 0 Å². The van der Waals surface area contributed by atoms with Crippen molar-refractivity contribution in [2.24, 2.45) is 0 Å². The summed E-state index contributed by atoms with van der Waals surface area (Å²) < 4.78 is 1.94. The Morgan fingerprint density at radius 2 is 1.69 bits per heavy atom. The zero-order valence-corrected chi connectivity index (χ0v) is 11.0. The second-order valence-electron chi connectivity index (χ2n) is 2.29. The Hall–Kier alpha value is -0.271. The molecular weight excluding hydrogens is 296 g/mol. The molecule has 0 heterocycles. The fraction of sp³-hybridized carbons (Fsp3) is 0.222. The monoisotopic (exact) mass is 309 g/mol. The molecular formula is C9H11NOSe2. The summed E-state index contributed by atoms with van der Waals surface area (Å²) >= 11 is 0.559. The zero-order valence-electron chi connectivity index (χ0n) is 7.56. The SMILES string of the molecule is C[Se]N([Se]C)C(=O)c1ccccc1. The fourth-order valence-corrected chi connectivity index (χ4v) is 4.00. The van der Waals surface area contributed by atoms with E-state index in [1.807, 2.05) is 33.3 Å². The number of carbonyl (C=O) groups is 1. The fourth-order valence-electron chi connectivity index (χ4n) is 0.926. The van der Waals surface area contributed by atoms with E-state index >= 15 is 0 Å². The van der Waals surface area contributed by atoms with E-state index in [0.29, 0.717) is 0 Å². The second-order valence-corrected chi connectivity index (χ2v) is 6.53. The number of amides is 1. The Bertz CT molecular complexity index is 272. The van der Waals surface area contributed by atoms with Crippen molar-refractivity contribution in [2.45, 2.75) is 11.6 Å². The van der Waals surface area contributed by atoms with Gasteiger partial charge in [-0.05, 0) is 0 Å². The predicted molar refractivity (Wildman–Crippen MR) is 55.8 cm³/mol. The third-order valence-corrected chi connectivity index (χ3v) is 6.86. The quantitative estimate of drug-likeness (QED) is 0.774. The van der Waals surface area contributed by atoms with Crippen molar-refractivity contribution in [3.63, 3.8) is 0 Å². The molecule has 0 N–H and O–H groups in total. The number of hydrogen-bond acceptors (Lipinski definition) is 1. The molecule has 1 rings (SSSR count). The Labute approximate surface area is 91.4 Å². The van der Waals surface area contributed by atoms with E-state index in [4.69, 9.17) is 0 Å². The van der Waals surface area contributed by atoms with Crippen LogP contribution in [0.15, 0.2) is 30.3 Å². The normalized spacial score (nSPS) is 9.69. The number of benzene rings is 1. The van der Waals surface area contributed by atoms with Gasteiger partial charge in [0.15, 0.2) is 0 Å². The van der Waals surface area contributed by atoms with E-state index in [1.54, 1.807) is 0 Å². The first-order valence-corrected chi connectivity index (χ1v) is 8.73. The molecule has 0 unspecified atom stereocenters. The number of rotatable bonds is 3. The number of hydrogen-bond donors (Lipinski definition) is 0. The summed E-state index contributed by atoms with van der Waals surface area (Å²) in [7, 11) is 0. The van der Waals surface area contributed by atoms with Gasteiger partial charge in [0.1, 0.15) is 0 Å². The summed E-state index contributed by atoms with van der Waals surface area (Å²) in [5.74, 6) is 4.31. The van der Waals surface area contributed by atoms with Crippen LogP contribution >= 0.6 is 0 Å². The average molecular weight is 307 g/mol. The van der Waals surface area contributed by atoms with Crippen LogP contribution in [0.4, 0.5) is 0 Å². The maximum atomic E-state index is 11.8. The van der Waals surface area contributed by atoms with Crippen molar-refractivity contribution in [1.29, 1.82) is 0 Å². The van der Waals surface area contributed by atoms with Crippen LogP contribution in [0.1, 0.15) is 10.4 Å². The zero-order chi connectivity index (χ0) is 9.68. The van der Waals surface area contributed by atoms with Gasteiger partial charge in [0.2, 0.25) is 0 Å². The molecule has 2 nitrogen and oxygen atoms in total. The molecule has 1 aromatic rings. The van der Waals surface area contributed by atoms with Gasteiger partial charge in [-0.1, -0.05) is 0 Å². The third-order valence-electron chi connectivity index (χ3n) is 1.52. The molecule has 0 fully saturated rings. The molecule has 0 radical (unpaired) electrons. The first-order chi connectivity index (χ1) is 6.29. The van der Waals surface area contributed by atoms with Crippen LogP contribution in [-0.4, -0.2) is 39.2 Å². The van der Waals surface area contributed by atoms with Gasteiger partial charge < -0.3 is 0 Å². The summed E-state index contributed by atoms with van der Waals surface area (Å²) in [6.45, 7) is 0. The molecule has 0 aliphatic heterocycles. The second kappa shape index (κ2) is 5.46. The van der Waals surface area contributed by atoms with Crippen LogP contribution in [0.2, 0.25) is 11.6 Å². The summed E-state index contributed by atoms with van der Waals surface area (Å²) in [5, 5.41) is 0. The molecule has 1 amide bonds. The Morgan fingerprint density at radius 3 is 2.15 bits per heavy atom. The first-order valence-electron chi connectivity index (χ1n) is 3.77. The third kappa shape index (κ3) is 2.85. The molecule has 0 saturated carbocycles. The molecule has 0 aliphatic rings. The molecule has 0 atom stereocenters. The Balaban J connectivity index is 2.78. The van der Waals surface area contributed by atoms with Gasteiger partial charge in [0.05, 0.1) is 0 Å². The summed E-state index contributed by atoms with van der Waals surface area (Å²) in [5.41, 5.74) is 0.801. The molecule has 70 valence electrons. The summed E-state index contributed by atoms with van der Waals surface area (Å²) in [4.78, 5) is 11.8. The number of nitrogens with zero attached hydrogens (tertiary/aromatic N) is 1. The minimum absolute atomic E-state index is 0.172. The Morgan fingerprint density at radius 1 is 1.15 bits per heavy atom. The average Bonchev–Trinajstić information content (AvgIpc) is 2.21. The van der Waals surface area contributed by atoms with Crippen LogP contribution in [0.3, 0.4) is 0 Å². The topological polar surface area (TPSA) is 20.3 Å². The van der Waals surface area contributed by atoms with Crippen LogP contribution in [-0.2, 0) is 0 Å². The molecule has 0 aliphatic carbocycles. The molecule has 0 bridgehead atoms. The van der Waals surface area contributed by atoms with E-state index in [9.17, 15) is 4.79 Å².